The molecule has 0 unspecified atom stereocenters. The number of aromatic nitrogens is 1. The lowest BCUT2D eigenvalue weighted by Gasteiger charge is -2.04. The normalized spacial score (nSPS) is 11.4. The third kappa shape index (κ3) is 2.93. The van der Waals surface area contributed by atoms with Gasteiger partial charge < -0.3 is 10.2 Å². The molecule has 0 bridgehead atoms. The number of rotatable bonds is 2. The lowest BCUT2D eigenvalue weighted by Crippen LogP contribution is -1.84. The van der Waals surface area contributed by atoms with E-state index in [4.69, 9.17) is 11.6 Å². The van der Waals surface area contributed by atoms with Crippen molar-refractivity contribution in [2.24, 2.45) is 0 Å². The topological polar surface area (TPSA) is 53.4 Å². The van der Waals surface area contributed by atoms with E-state index in [0.29, 0.717) is 26.3 Å². The SMILES string of the molecule is Oc1c(Br)cc(Cl)cc1/C=C/c1ccc2cccc(O)c2n1. The van der Waals surface area contributed by atoms with Gasteiger partial charge in [-0.15, -0.1) is 0 Å². The van der Waals surface area contributed by atoms with E-state index >= 15 is 0 Å². The number of aromatic hydroxyl groups is 2. The van der Waals surface area contributed by atoms with Gasteiger partial charge in [0.1, 0.15) is 17.0 Å². The first-order valence-electron chi connectivity index (χ1n) is 6.49. The molecule has 0 spiro atoms. The molecule has 2 N–H and O–H groups in total. The zero-order valence-electron chi connectivity index (χ0n) is 11.3. The molecule has 0 saturated heterocycles. The second-order valence-corrected chi connectivity index (χ2v) is 6.03. The molecule has 0 fully saturated rings. The van der Waals surface area contributed by atoms with Crippen LogP contribution in [0.4, 0.5) is 0 Å². The summed E-state index contributed by atoms with van der Waals surface area (Å²) in [6, 6.07) is 12.3. The fraction of sp³-hybridized carbons (Fsp3) is 0. The lowest BCUT2D eigenvalue weighted by molar-refractivity contribution is 0.470. The van der Waals surface area contributed by atoms with Crippen molar-refractivity contribution in [1.29, 1.82) is 0 Å². The Balaban J connectivity index is 2.01. The number of pyridine rings is 1. The van der Waals surface area contributed by atoms with Crippen molar-refractivity contribution >= 4 is 50.6 Å². The smallest absolute Gasteiger partial charge is 0.141 e. The number of fused-ring (bicyclic) bond motifs is 1. The molecule has 1 aromatic heterocycles. The lowest BCUT2D eigenvalue weighted by atomic mass is 10.1. The summed E-state index contributed by atoms with van der Waals surface area (Å²) in [5.41, 5.74) is 1.80. The van der Waals surface area contributed by atoms with E-state index in [1.807, 2.05) is 18.2 Å². The maximum Gasteiger partial charge on any atom is 0.141 e. The number of benzene rings is 2. The molecule has 110 valence electrons. The molecule has 0 amide bonds. The van der Waals surface area contributed by atoms with E-state index in [1.54, 1.807) is 36.4 Å². The molecule has 3 nitrogen and oxygen atoms in total. The molecule has 0 aliphatic heterocycles. The van der Waals surface area contributed by atoms with Gasteiger partial charge in [0.25, 0.3) is 0 Å². The van der Waals surface area contributed by atoms with Gasteiger partial charge in [-0.25, -0.2) is 4.98 Å². The second-order valence-electron chi connectivity index (χ2n) is 4.74. The predicted octanol–water partition coefficient (Wildman–Crippen LogP) is 5.23. The fourth-order valence-corrected chi connectivity index (χ4v) is 2.96. The Morgan fingerprint density at radius 3 is 2.68 bits per heavy atom. The molecule has 0 atom stereocenters. The maximum atomic E-state index is 10.00. The summed E-state index contributed by atoms with van der Waals surface area (Å²) in [6.07, 6.45) is 3.48. The van der Waals surface area contributed by atoms with Crippen LogP contribution in [-0.4, -0.2) is 15.2 Å². The van der Waals surface area contributed by atoms with Gasteiger partial charge in [0.2, 0.25) is 0 Å². The fourth-order valence-electron chi connectivity index (χ4n) is 2.13. The van der Waals surface area contributed by atoms with Crippen LogP contribution in [-0.2, 0) is 0 Å². The van der Waals surface area contributed by atoms with E-state index in [0.717, 1.165) is 5.39 Å². The van der Waals surface area contributed by atoms with Crippen LogP contribution >= 0.6 is 27.5 Å². The number of phenolic OH excluding ortho intramolecular Hbond substituents is 2. The zero-order valence-corrected chi connectivity index (χ0v) is 13.6. The van der Waals surface area contributed by atoms with Gasteiger partial charge in [0.15, 0.2) is 0 Å². The molecule has 0 saturated carbocycles. The Morgan fingerprint density at radius 1 is 1.05 bits per heavy atom. The molecule has 22 heavy (non-hydrogen) atoms. The van der Waals surface area contributed by atoms with Crippen LogP contribution in [0.15, 0.2) is 46.9 Å². The standard InChI is InChI=1S/C17H11BrClNO2/c18-14-9-12(19)8-11(17(14)22)5-7-13-6-4-10-2-1-3-15(21)16(10)20-13/h1-9,21-22H/b7-5+. The molecular weight excluding hydrogens is 366 g/mol. The van der Waals surface area contributed by atoms with Gasteiger partial charge in [0, 0.05) is 16.0 Å². The Hall–Kier alpha value is -2.04. The first-order valence-corrected chi connectivity index (χ1v) is 7.66. The molecule has 2 aromatic carbocycles. The number of halogens is 2. The van der Waals surface area contributed by atoms with Crippen molar-refractivity contribution < 1.29 is 10.2 Å². The summed E-state index contributed by atoms with van der Waals surface area (Å²) in [5.74, 6) is 0.255. The van der Waals surface area contributed by atoms with Crippen molar-refractivity contribution in [3.05, 3.63) is 63.2 Å². The maximum absolute atomic E-state index is 10.00. The van der Waals surface area contributed by atoms with E-state index in [-0.39, 0.29) is 11.5 Å². The molecule has 1 heterocycles. The van der Waals surface area contributed by atoms with Crippen molar-refractivity contribution in [2.45, 2.75) is 0 Å². The van der Waals surface area contributed by atoms with Crippen LogP contribution in [0.3, 0.4) is 0 Å². The molecule has 0 radical (unpaired) electrons. The Labute approximate surface area is 140 Å². The van der Waals surface area contributed by atoms with E-state index in [9.17, 15) is 10.2 Å². The van der Waals surface area contributed by atoms with Crippen molar-refractivity contribution in [2.75, 3.05) is 0 Å². The molecule has 0 aliphatic carbocycles. The van der Waals surface area contributed by atoms with Crippen LogP contribution < -0.4 is 0 Å². The van der Waals surface area contributed by atoms with E-state index in [2.05, 4.69) is 20.9 Å². The van der Waals surface area contributed by atoms with Crippen LogP contribution in [0.1, 0.15) is 11.3 Å². The number of phenols is 2. The summed E-state index contributed by atoms with van der Waals surface area (Å²) < 4.78 is 0.531. The van der Waals surface area contributed by atoms with Crippen LogP contribution in [0, 0.1) is 0 Å². The predicted molar refractivity (Wildman–Crippen MR) is 93.2 cm³/mol. The highest BCUT2D eigenvalue weighted by Crippen LogP contribution is 2.32. The van der Waals surface area contributed by atoms with Gasteiger partial charge in [0.05, 0.1) is 10.2 Å². The highest BCUT2D eigenvalue weighted by Gasteiger charge is 2.05. The number of para-hydroxylation sites is 1. The van der Waals surface area contributed by atoms with Crippen LogP contribution in [0.25, 0.3) is 23.1 Å². The summed E-state index contributed by atoms with van der Waals surface area (Å²) in [6.45, 7) is 0. The van der Waals surface area contributed by atoms with Crippen LogP contribution in [0.5, 0.6) is 11.5 Å². The first-order chi connectivity index (χ1) is 10.5. The minimum absolute atomic E-state index is 0.115. The van der Waals surface area contributed by atoms with Gasteiger partial charge in [-0.2, -0.15) is 0 Å². The quantitative estimate of drug-likeness (QED) is 0.643. The average Bonchev–Trinajstić information content (AvgIpc) is 2.50. The third-order valence-corrected chi connectivity index (χ3v) is 4.03. The van der Waals surface area contributed by atoms with Gasteiger partial charge >= 0.3 is 0 Å². The summed E-state index contributed by atoms with van der Waals surface area (Å²) in [4.78, 5) is 4.40. The number of hydrogen-bond donors (Lipinski definition) is 2. The Kier molecular flexibility index (Phi) is 4.05. The third-order valence-electron chi connectivity index (χ3n) is 3.21. The molecule has 3 aromatic rings. The number of nitrogens with zero attached hydrogens (tertiary/aromatic N) is 1. The first kappa shape index (κ1) is 14.9. The second kappa shape index (κ2) is 5.99. The Bertz CT molecular complexity index is 893. The van der Waals surface area contributed by atoms with E-state index in [1.165, 1.54) is 0 Å². The van der Waals surface area contributed by atoms with Gasteiger partial charge in [-0.05, 0) is 52.3 Å². The Morgan fingerprint density at radius 2 is 1.86 bits per heavy atom. The van der Waals surface area contributed by atoms with Gasteiger partial charge in [-0.3, -0.25) is 0 Å². The summed E-state index contributed by atoms with van der Waals surface area (Å²) in [5, 5.41) is 21.2. The van der Waals surface area contributed by atoms with Crippen molar-refractivity contribution in [3.8, 4) is 11.5 Å². The van der Waals surface area contributed by atoms with Crippen molar-refractivity contribution in [3.63, 3.8) is 0 Å². The summed E-state index contributed by atoms with van der Waals surface area (Å²) in [7, 11) is 0. The molecular formula is C17H11BrClNO2. The van der Waals surface area contributed by atoms with Gasteiger partial charge in [-0.1, -0.05) is 29.8 Å². The molecule has 3 rings (SSSR count). The molecule has 0 aliphatic rings. The summed E-state index contributed by atoms with van der Waals surface area (Å²) >= 11 is 9.23. The highest BCUT2D eigenvalue weighted by molar-refractivity contribution is 9.10. The number of hydrogen-bond acceptors (Lipinski definition) is 3. The minimum Gasteiger partial charge on any atom is -0.506 e. The van der Waals surface area contributed by atoms with Crippen LogP contribution in [0.2, 0.25) is 5.02 Å². The van der Waals surface area contributed by atoms with Crippen molar-refractivity contribution in [1.82, 2.24) is 4.98 Å². The molecule has 5 heteroatoms. The zero-order chi connectivity index (χ0) is 15.7. The highest BCUT2D eigenvalue weighted by atomic mass is 79.9. The minimum atomic E-state index is 0.115. The largest absolute Gasteiger partial charge is 0.506 e. The monoisotopic (exact) mass is 375 g/mol. The average molecular weight is 377 g/mol. The van der Waals surface area contributed by atoms with E-state index < -0.39 is 0 Å².